The summed E-state index contributed by atoms with van der Waals surface area (Å²) in [4.78, 5) is 14.4. The van der Waals surface area contributed by atoms with E-state index in [9.17, 15) is 4.79 Å². The molecule has 0 aromatic heterocycles. The lowest BCUT2D eigenvalue weighted by atomic mass is 10.0. The number of nitrogens with one attached hydrogen (secondary N) is 1. The van der Waals surface area contributed by atoms with Crippen molar-refractivity contribution in [3.05, 3.63) is 29.3 Å². The van der Waals surface area contributed by atoms with Gasteiger partial charge in [0.2, 0.25) is 0 Å². The molecule has 0 aliphatic carbocycles. The summed E-state index contributed by atoms with van der Waals surface area (Å²) in [6.07, 6.45) is 2.01. The standard InChI is InChI=1S/C17H26N2O2/c1-5-14-8-7-9-15(6-2)16(14)18-17(20)19-10-12(3)21-13(4)11-19/h7-9,12-13H,5-6,10-11H2,1-4H3,(H,18,20)/t12-,13-/m0/s1. The number of rotatable bonds is 3. The zero-order valence-electron chi connectivity index (χ0n) is 13.5. The van der Waals surface area contributed by atoms with Gasteiger partial charge >= 0.3 is 6.03 Å². The number of nitrogens with zero attached hydrogens (tertiary/aromatic N) is 1. The van der Waals surface area contributed by atoms with Crippen LogP contribution in [0.3, 0.4) is 0 Å². The number of benzene rings is 1. The van der Waals surface area contributed by atoms with Gasteiger partial charge in [-0.05, 0) is 37.8 Å². The molecule has 1 aromatic rings. The van der Waals surface area contributed by atoms with Crippen LogP contribution in [0.1, 0.15) is 38.8 Å². The minimum Gasteiger partial charge on any atom is -0.372 e. The van der Waals surface area contributed by atoms with Crippen LogP contribution < -0.4 is 5.32 Å². The van der Waals surface area contributed by atoms with E-state index in [0.29, 0.717) is 13.1 Å². The lowest BCUT2D eigenvalue weighted by Crippen LogP contribution is -2.49. The van der Waals surface area contributed by atoms with Gasteiger partial charge in [0, 0.05) is 18.8 Å². The van der Waals surface area contributed by atoms with Crippen LogP contribution >= 0.6 is 0 Å². The zero-order valence-corrected chi connectivity index (χ0v) is 13.5. The molecule has 2 amide bonds. The van der Waals surface area contributed by atoms with Gasteiger partial charge in [-0.25, -0.2) is 4.79 Å². The Bertz CT molecular complexity index is 469. The van der Waals surface area contributed by atoms with Crippen LogP contribution in [0.4, 0.5) is 10.5 Å². The van der Waals surface area contributed by atoms with E-state index in [-0.39, 0.29) is 18.2 Å². The Morgan fingerprint density at radius 1 is 1.19 bits per heavy atom. The van der Waals surface area contributed by atoms with Crippen LogP contribution in [0.2, 0.25) is 0 Å². The fourth-order valence-corrected chi connectivity index (χ4v) is 2.93. The van der Waals surface area contributed by atoms with E-state index in [1.54, 1.807) is 0 Å². The number of para-hydroxylation sites is 1. The van der Waals surface area contributed by atoms with Gasteiger partial charge in [-0.1, -0.05) is 32.0 Å². The maximum atomic E-state index is 12.6. The van der Waals surface area contributed by atoms with Crippen LogP contribution in [0.15, 0.2) is 18.2 Å². The van der Waals surface area contributed by atoms with E-state index < -0.39 is 0 Å². The molecule has 4 heteroatoms. The third-order valence-electron chi connectivity index (χ3n) is 3.94. The fourth-order valence-electron chi connectivity index (χ4n) is 2.93. The van der Waals surface area contributed by atoms with Crippen molar-refractivity contribution in [1.29, 1.82) is 0 Å². The summed E-state index contributed by atoms with van der Waals surface area (Å²) in [5.41, 5.74) is 3.37. The van der Waals surface area contributed by atoms with Crippen LogP contribution in [0.25, 0.3) is 0 Å². The number of carbonyl (C=O) groups is 1. The molecule has 4 nitrogen and oxygen atoms in total. The summed E-state index contributed by atoms with van der Waals surface area (Å²) in [6, 6.07) is 6.21. The molecule has 1 N–H and O–H groups in total. The Morgan fingerprint density at radius 3 is 2.19 bits per heavy atom. The average Bonchev–Trinajstić information content (AvgIpc) is 2.46. The van der Waals surface area contributed by atoms with Crippen molar-refractivity contribution in [3.63, 3.8) is 0 Å². The van der Waals surface area contributed by atoms with E-state index in [2.05, 4.69) is 37.4 Å². The van der Waals surface area contributed by atoms with Gasteiger partial charge in [0.15, 0.2) is 0 Å². The fraction of sp³-hybridized carbons (Fsp3) is 0.588. The Morgan fingerprint density at radius 2 is 1.71 bits per heavy atom. The maximum absolute atomic E-state index is 12.6. The van der Waals surface area contributed by atoms with E-state index in [0.717, 1.165) is 18.5 Å². The molecule has 0 bridgehead atoms. The molecule has 1 fully saturated rings. The Hall–Kier alpha value is -1.55. The number of carbonyl (C=O) groups excluding carboxylic acids is 1. The largest absolute Gasteiger partial charge is 0.372 e. The van der Waals surface area contributed by atoms with Crippen LogP contribution in [0, 0.1) is 0 Å². The van der Waals surface area contributed by atoms with Crippen molar-refractivity contribution in [2.24, 2.45) is 0 Å². The SMILES string of the molecule is CCc1cccc(CC)c1NC(=O)N1C[C@H](C)O[C@@H](C)C1. The van der Waals surface area contributed by atoms with Crippen LogP contribution in [-0.4, -0.2) is 36.2 Å². The smallest absolute Gasteiger partial charge is 0.322 e. The normalized spacial score (nSPS) is 22.2. The number of amides is 2. The monoisotopic (exact) mass is 290 g/mol. The molecule has 1 saturated heterocycles. The number of urea groups is 1. The quantitative estimate of drug-likeness (QED) is 0.926. The van der Waals surface area contributed by atoms with Crippen LogP contribution in [0.5, 0.6) is 0 Å². The first-order valence-corrected chi connectivity index (χ1v) is 7.87. The van der Waals surface area contributed by atoms with E-state index >= 15 is 0 Å². The number of ether oxygens (including phenoxy) is 1. The lowest BCUT2D eigenvalue weighted by molar-refractivity contribution is -0.0530. The number of hydrogen-bond donors (Lipinski definition) is 1. The van der Waals surface area contributed by atoms with Crippen molar-refractivity contribution < 1.29 is 9.53 Å². The van der Waals surface area contributed by atoms with Crippen molar-refractivity contribution >= 4 is 11.7 Å². The molecule has 0 spiro atoms. The van der Waals surface area contributed by atoms with Gasteiger partial charge in [0.1, 0.15) is 0 Å². The summed E-state index contributed by atoms with van der Waals surface area (Å²) >= 11 is 0. The molecule has 21 heavy (non-hydrogen) atoms. The van der Waals surface area contributed by atoms with Gasteiger partial charge in [-0.3, -0.25) is 0 Å². The minimum absolute atomic E-state index is 0.0207. The number of morpholine rings is 1. The molecule has 0 radical (unpaired) electrons. The minimum atomic E-state index is -0.0207. The molecule has 1 aliphatic rings. The summed E-state index contributed by atoms with van der Waals surface area (Å²) < 4.78 is 5.68. The highest BCUT2D eigenvalue weighted by molar-refractivity contribution is 5.91. The van der Waals surface area contributed by atoms with Crippen molar-refractivity contribution in [2.45, 2.75) is 52.7 Å². The first-order valence-electron chi connectivity index (χ1n) is 7.87. The summed E-state index contributed by atoms with van der Waals surface area (Å²) in [5.74, 6) is 0. The first kappa shape index (κ1) is 15.8. The van der Waals surface area contributed by atoms with E-state index in [1.807, 2.05) is 18.7 Å². The molecule has 2 rings (SSSR count). The van der Waals surface area contributed by atoms with Gasteiger partial charge in [-0.2, -0.15) is 0 Å². The maximum Gasteiger partial charge on any atom is 0.322 e. The van der Waals surface area contributed by atoms with Crippen molar-refractivity contribution in [3.8, 4) is 0 Å². The highest BCUT2D eigenvalue weighted by atomic mass is 16.5. The number of anilines is 1. The molecule has 2 atom stereocenters. The predicted octanol–water partition coefficient (Wildman–Crippen LogP) is 3.45. The van der Waals surface area contributed by atoms with Gasteiger partial charge in [0.25, 0.3) is 0 Å². The molecule has 116 valence electrons. The highest BCUT2D eigenvalue weighted by Gasteiger charge is 2.26. The zero-order chi connectivity index (χ0) is 15.4. The second kappa shape index (κ2) is 6.94. The third kappa shape index (κ3) is 3.76. The summed E-state index contributed by atoms with van der Waals surface area (Å²) in [6.45, 7) is 9.53. The molecule has 1 aliphatic heterocycles. The molecular weight excluding hydrogens is 264 g/mol. The second-order valence-electron chi connectivity index (χ2n) is 5.75. The van der Waals surface area contributed by atoms with Gasteiger partial charge in [0.05, 0.1) is 12.2 Å². The number of hydrogen-bond acceptors (Lipinski definition) is 2. The Labute approximate surface area is 127 Å². The second-order valence-corrected chi connectivity index (χ2v) is 5.75. The van der Waals surface area contributed by atoms with Crippen molar-refractivity contribution in [1.82, 2.24) is 4.90 Å². The molecule has 1 heterocycles. The summed E-state index contributed by atoms with van der Waals surface area (Å²) in [5, 5.41) is 3.12. The molecule has 0 unspecified atom stereocenters. The highest BCUT2D eigenvalue weighted by Crippen LogP contribution is 2.23. The Balaban J connectivity index is 2.15. The third-order valence-corrected chi connectivity index (χ3v) is 3.94. The van der Waals surface area contributed by atoms with Gasteiger partial charge < -0.3 is 15.0 Å². The van der Waals surface area contributed by atoms with Crippen molar-refractivity contribution in [2.75, 3.05) is 18.4 Å². The molecule has 1 aromatic carbocycles. The van der Waals surface area contributed by atoms with Crippen LogP contribution in [-0.2, 0) is 17.6 Å². The topological polar surface area (TPSA) is 41.6 Å². The number of aryl methyl sites for hydroxylation is 2. The molecular formula is C17H26N2O2. The average molecular weight is 290 g/mol. The van der Waals surface area contributed by atoms with E-state index in [1.165, 1.54) is 11.1 Å². The first-order chi connectivity index (χ1) is 10.0. The summed E-state index contributed by atoms with van der Waals surface area (Å²) in [7, 11) is 0. The van der Waals surface area contributed by atoms with Gasteiger partial charge in [-0.15, -0.1) is 0 Å². The van der Waals surface area contributed by atoms with E-state index in [4.69, 9.17) is 4.74 Å². The lowest BCUT2D eigenvalue weighted by Gasteiger charge is -2.35. The molecule has 0 saturated carbocycles. The Kier molecular flexibility index (Phi) is 5.23. The predicted molar refractivity (Wildman–Crippen MR) is 85.8 cm³/mol.